The van der Waals surface area contributed by atoms with E-state index in [2.05, 4.69) is 10.1 Å². The second kappa shape index (κ2) is 5.18. The van der Waals surface area contributed by atoms with Gasteiger partial charge in [-0.25, -0.2) is 4.39 Å². The van der Waals surface area contributed by atoms with Crippen LogP contribution in [-0.2, 0) is 7.05 Å². The maximum Gasteiger partial charge on any atom is 0.132 e. The van der Waals surface area contributed by atoms with Crippen LogP contribution in [0.5, 0.6) is 0 Å². The SMILES string of the molecule is Cn1nc(-c2cc(Cl)ccc2F)c(-c2ccccn2)c1N. The molecule has 0 aliphatic rings. The number of hydrogen-bond acceptors (Lipinski definition) is 3. The summed E-state index contributed by atoms with van der Waals surface area (Å²) >= 11 is 5.96. The van der Waals surface area contributed by atoms with Gasteiger partial charge in [0, 0.05) is 23.8 Å². The fourth-order valence-corrected chi connectivity index (χ4v) is 2.34. The van der Waals surface area contributed by atoms with E-state index in [9.17, 15) is 4.39 Å². The standard InChI is InChI=1S/C15H12ClFN4/c1-21-15(18)13(12-4-2-3-7-19-12)14(20-21)10-8-9(16)5-6-11(10)17/h2-8H,18H2,1H3. The first kappa shape index (κ1) is 13.6. The molecule has 0 spiro atoms. The van der Waals surface area contributed by atoms with Crippen LogP contribution in [0.15, 0.2) is 42.6 Å². The average molecular weight is 303 g/mol. The molecule has 0 saturated heterocycles. The monoisotopic (exact) mass is 302 g/mol. The number of halogens is 2. The molecular weight excluding hydrogens is 291 g/mol. The molecule has 0 aliphatic carbocycles. The topological polar surface area (TPSA) is 56.7 Å². The molecule has 0 saturated carbocycles. The lowest BCUT2D eigenvalue weighted by Crippen LogP contribution is -1.98. The highest BCUT2D eigenvalue weighted by Gasteiger charge is 2.20. The number of aryl methyl sites for hydroxylation is 1. The van der Waals surface area contributed by atoms with Crippen LogP contribution >= 0.6 is 11.6 Å². The summed E-state index contributed by atoms with van der Waals surface area (Å²) in [7, 11) is 1.70. The van der Waals surface area contributed by atoms with Crippen LogP contribution in [0.4, 0.5) is 10.2 Å². The minimum absolute atomic E-state index is 0.301. The van der Waals surface area contributed by atoms with Gasteiger partial charge >= 0.3 is 0 Å². The highest BCUT2D eigenvalue weighted by Crippen LogP contribution is 2.36. The van der Waals surface area contributed by atoms with E-state index in [4.69, 9.17) is 17.3 Å². The number of nitrogens with zero attached hydrogens (tertiary/aromatic N) is 3. The van der Waals surface area contributed by atoms with E-state index in [0.29, 0.717) is 33.4 Å². The van der Waals surface area contributed by atoms with Gasteiger partial charge in [0.25, 0.3) is 0 Å². The fraction of sp³-hybridized carbons (Fsp3) is 0.0667. The maximum atomic E-state index is 14.1. The van der Waals surface area contributed by atoms with Crippen LogP contribution in [0, 0.1) is 5.82 Å². The summed E-state index contributed by atoms with van der Waals surface area (Å²) < 4.78 is 15.6. The maximum absolute atomic E-state index is 14.1. The predicted octanol–water partition coefficient (Wildman–Crippen LogP) is 3.52. The van der Waals surface area contributed by atoms with E-state index >= 15 is 0 Å². The van der Waals surface area contributed by atoms with Gasteiger partial charge in [-0.2, -0.15) is 5.10 Å². The van der Waals surface area contributed by atoms with Crippen molar-refractivity contribution in [2.75, 3.05) is 5.73 Å². The van der Waals surface area contributed by atoms with Gasteiger partial charge < -0.3 is 5.73 Å². The Morgan fingerprint density at radius 1 is 1.24 bits per heavy atom. The summed E-state index contributed by atoms with van der Waals surface area (Å²) in [6, 6.07) is 9.78. The quantitative estimate of drug-likeness (QED) is 0.788. The molecule has 2 N–H and O–H groups in total. The van der Waals surface area contributed by atoms with Crippen molar-refractivity contribution in [3.63, 3.8) is 0 Å². The molecule has 0 amide bonds. The van der Waals surface area contributed by atoms with Gasteiger partial charge in [-0.05, 0) is 30.3 Å². The molecule has 0 bridgehead atoms. The van der Waals surface area contributed by atoms with E-state index in [1.807, 2.05) is 6.07 Å². The lowest BCUT2D eigenvalue weighted by molar-refractivity contribution is 0.630. The number of hydrogen-bond donors (Lipinski definition) is 1. The third kappa shape index (κ3) is 2.36. The molecule has 0 aliphatic heterocycles. The predicted molar refractivity (Wildman–Crippen MR) is 81.3 cm³/mol. The highest BCUT2D eigenvalue weighted by molar-refractivity contribution is 6.30. The van der Waals surface area contributed by atoms with Crippen molar-refractivity contribution in [3.8, 4) is 22.5 Å². The lowest BCUT2D eigenvalue weighted by Gasteiger charge is -2.05. The molecule has 106 valence electrons. The van der Waals surface area contributed by atoms with Gasteiger partial charge in [0.1, 0.15) is 17.3 Å². The molecule has 3 rings (SSSR count). The van der Waals surface area contributed by atoms with Gasteiger partial charge in [0.05, 0.1) is 11.3 Å². The zero-order valence-corrected chi connectivity index (χ0v) is 12.0. The fourth-order valence-electron chi connectivity index (χ4n) is 2.17. The second-order valence-electron chi connectivity index (χ2n) is 4.57. The Labute approximate surface area is 126 Å². The van der Waals surface area contributed by atoms with E-state index in [0.717, 1.165) is 0 Å². The number of nitrogens with two attached hydrogens (primary N) is 1. The molecule has 6 heteroatoms. The van der Waals surface area contributed by atoms with Crippen molar-refractivity contribution >= 4 is 17.4 Å². The number of anilines is 1. The van der Waals surface area contributed by atoms with Crippen LogP contribution < -0.4 is 5.73 Å². The Morgan fingerprint density at radius 2 is 2.05 bits per heavy atom. The van der Waals surface area contributed by atoms with Gasteiger partial charge in [0.15, 0.2) is 0 Å². The second-order valence-corrected chi connectivity index (χ2v) is 5.01. The van der Waals surface area contributed by atoms with Gasteiger partial charge in [-0.3, -0.25) is 9.67 Å². The normalized spacial score (nSPS) is 10.8. The van der Waals surface area contributed by atoms with E-state index in [1.54, 1.807) is 25.4 Å². The Morgan fingerprint density at radius 3 is 2.76 bits per heavy atom. The highest BCUT2D eigenvalue weighted by atomic mass is 35.5. The first-order chi connectivity index (χ1) is 10.1. The average Bonchev–Trinajstić information content (AvgIpc) is 2.78. The minimum atomic E-state index is -0.408. The van der Waals surface area contributed by atoms with Crippen molar-refractivity contribution in [2.24, 2.45) is 7.05 Å². The molecule has 21 heavy (non-hydrogen) atoms. The first-order valence-corrected chi connectivity index (χ1v) is 6.65. The molecule has 2 heterocycles. The smallest absolute Gasteiger partial charge is 0.132 e. The molecule has 1 aromatic carbocycles. The molecule has 0 atom stereocenters. The van der Waals surface area contributed by atoms with E-state index in [-0.39, 0.29) is 0 Å². The van der Waals surface area contributed by atoms with Crippen molar-refractivity contribution < 1.29 is 4.39 Å². The number of rotatable bonds is 2. The molecule has 3 aromatic rings. The lowest BCUT2D eigenvalue weighted by atomic mass is 10.0. The van der Waals surface area contributed by atoms with Crippen molar-refractivity contribution in [1.29, 1.82) is 0 Å². The van der Waals surface area contributed by atoms with Gasteiger partial charge in [-0.1, -0.05) is 17.7 Å². The summed E-state index contributed by atoms with van der Waals surface area (Å²) in [5.74, 6) is 0.0118. The van der Waals surface area contributed by atoms with E-state index < -0.39 is 5.82 Å². The summed E-state index contributed by atoms with van der Waals surface area (Å²) in [5.41, 5.74) is 8.03. The van der Waals surface area contributed by atoms with Crippen molar-refractivity contribution in [3.05, 3.63) is 53.4 Å². The number of benzene rings is 1. The Bertz CT molecular complexity index is 799. The van der Waals surface area contributed by atoms with Gasteiger partial charge in [0.2, 0.25) is 0 Å². The molecular formula is C15H12ClFN4. The Kier molecular flexibility index (Phi) is 3.35. The van der Waals surface area contributed by atoms with Crippen molar-refractivity contribution in [2.45, 2.75) is 0 Å². The van der Waals surface area contributed by atoms with Crippen LogP contribution in [0.3, 0.4) is 0 Å². The summed E-state index contributed by atoms with van der Waals surface area (Å²) in [5, 5.41) is 4.74. The van der Waals surface area contributed by atoms with Crippen LogP contribution in [0.2, 0.25) is 5.02 Å². The largest absolute Gasteiger partial charge is 0.383 e. The number of nitrogen functional groups attached to an aromatic ring is 1. The molecule has 2 aromatic heterocycles. The summed E-state index contributed by atoms with van der Waals surface area (Å²) in [4.78, 5) is 4.27. The van der Waals surface area contributed by atoms with Crippen molar-refractivity contribution in [1.82, 2.24) is 14.8 Å². The third-order valence-electron chi connectivity index (χ3n) is 3.20. The van der Waals surface area contributed by atoms with Crippen LogP contribution in [0.1, 0.15) is 0 Å². The Hall–Kier alpha value is -2.40. The van der Waals surface area contributed by atoms with Crippen LogP contribution in [-0.4, -0.2) is 14.8 Å². The molecule has 0 fully saturated rings. The third-order valence-corrected chi connectivity index (χ3v) is 3.43. The molecule has 4 nitrogen and oxygen atoms in total. The molecule has 0 unspecified atom stereocenters. The summed E-state index contributed by atoms with van der Waals surface area (Å²) in [6.45, 7) is 0. The van der Waals surface area contributed by atoms with E-state index in [1.165, 1.54) is 22.9 Å². The molecule has 0 radical (unpaired) electrons. The van der Waals surface area contributed by atoms with Crippen LogP contribution in [0.25, 0.3) is 22.5 Å². The number of aromatic nitrogens is 3. The first-order valence-electron chi connectivity index (χ1n) is 6.27. The zero-order chi connectivity index (χ0) is 15.0. The minimum Gasteiger partial charge on any atom is -0.383 e. The zero-order valence-electron chi connectivity index (χ0n) is 11.2. The number of pyridine rings is 1. The summed E-state index contributed by atoms with van der Waals surface area (Å²) in [6.07, 6.45) is 1.65. The van der Waals surface area contributed by atoms with Gasteiger partial charge in [-0.15, -0.1) is 0 Å². The Balaban J connectivity index is 2.29.